The number of benzene rings is 1. The molecule has 0 fully saturated rings. The lowest BCUT2D eigenvalue weighted by Gasteiger charge is -2.22. The van der Waals surface area contributed by atoms with E-state index in [1.54, 1.807) is 13.3 Å². The first-order chi connectivity index (χ1) is 9.05. The average Bonchev–Trinajstić information content (AvgIpc) is 2.44. The molecular weight excluding hydrogens is 240 g/mol. The van der Waals surface area contributed by atoms with Crippen LogP contribution in [0.4, 0.5) is 0 Å². The van der Waals surface area contributed by atoms with E-state index in [1.165, 1.54) is 0 Å². The average molecular weight is 260 g/mol. The minimum atomic E-state index is -0.337. The lowest BCUT2D eigenvalue weighted by molar-refractivity contribution is 0.221. The number of ether oxygens (including phenoxy) is 2. The molecule has 4 nitrogen and oxygen atoms in total. The van der Waals surface area contributed by atoms with Gasteiger partial charge in [-0.3, -0.25) is 0 Å². The Morgan fingerprint density at radius 2 is 2.11 bits per heavy atom. The first-order valence-corrected chi connectivity index (χ1v) is 6.40. The van der Waals surface area contributed by atoms with Gasteiger partial charge < -0.3 is 15.2 Å². The zero-order valence-corrected chi connectivity index (χ0v) is 11.6. The molecular formula is C15H20N2O2. The lowest BCUT2D eigenvalue weighted by atomic mass is 10.0. The standard InChI is InChI=1S/C15H20N2O2/c1-4-15(2,16)10-19-14-13-6-5-12(18-3)9-11(13)7-8-17-14/h5-9H,4,10,16H2,1-3H3. The maximum atomic E-state index is 6.08. The normalized spacial score (nSPS) is 14.1. The molecule has 2 aromatic rings. The van der Waals surface area contributed by atoms with Crippen molar-refractivity contribution in [3.63, 3.8) is 0 Å². The predicted octanol–water partition coefficient (Wildman–Crippen LogP) is 2.75. The monoisotopic (exact) mass is 260 g/mol. The van der Waals surface area contributed by atoms with Gasteiger partial charge in [0.2, 0.25) is 5.88 Å². The second-order valence-electron chi connectivity index (χ2n) is 5.00. The molecule has 0 radical (unpaired) electrons. The maximum absolute atomic E-state index is 6.08. The molecule has 1 unspecified atom stereocenters. The van der Waals surface area contributed by atoms with Gasteiger partial charge in [0.05, 0.1) is 7.11 Å². The van der Waals surface area contributed by atoms with Gasteiger partial charge in [0, 0.05) is 17.1 Å². The third kappa shape index (κ3) is 3.15. The summed E-state index contributed by atoms with van der Waals surface area (Å²) < 4.78 is 11.0. The van der Waals surface area contributed by atoms with Crippen LogP contribution in [0.1, 0.15) is 20.3 Å². The fourth-order valence-corrected chi connectivity index (χ4v) is 1.71. The minimum absolute atomic E-state index is 0.337. The number of rotatable bonds is 5. The van der Waals surface area contributed by atoms with Gasteiger partial charge in [0.25, 0.3) is 0 Å². The summed E-state index contributed by atoms with van der Waals surface area (Å²) in [4.78, 5) is 4.28. The Labute approximate surface area is 113 Å². The van der Waals surface area contributed by atoms with E-state index < -0.39 is 0 Å². The van der Waals surface area contributed by atoms with Crippen LogP contribution in [0.15, 0.2) is 30.5 Å². The molecule has 0 aliphatic rings. The first-order valence-electron chi connectivity index (χ1n) is 6.40. The Bertz CT molecular complexity index is 567. The Morgan fingerprint density at radius 1 is 1.32 bits per heavy atom. The molecule has 0 amide bonds. The fourth-order valence-electron chi connectivity index (χ4n) is 1.71. The summed E-state index contributed by atoms with van der Waals surface area (Å²) in [7, 11) is 1.65. The summed E-state index contributed by atoms with van der Waals surface area (Å²) in [5, 5.41) is 2.01. The highest BCUT2D eigenvalue weighted by Crippen LogP contribution is 2.27. The number of nitrogens with zero attached hydrogens (tertiary/aromatic N) is 1. The van der Waals surface area contributed by atoms with Crippen LogP contribution < -0.4 is 15.2 Å². The quantitative estimate of drug-likeness (QED) is 0.898. The van der Waals surface area contributed by atoms with Crippen molar-refractivity contribution in [3.05, 3.63) is 30.5 Å². The Kier molecular flexibility index (Phi) is 3.90. The third-order valence-corrected chi connectivity index (χ3v) is 3.28. The highest BCUT2D eigenvalue weighted by atomic mass is 16.5. The van der Waals surface area contributed by atoms with Crippen molar-refractivity contribution in [2.24, 2.45) is 5.73 Å². The molecule has 0 saturated carbocycles. The van der Waals surface area contributed by atoms with E-state index in [2.05, 4.69) is 4.98 Å². The van der Waals surface area contributed by atoms with E-state index >= 15 is 0 Å². The van der Waals surface area contributed by atoms with Gasteiger partial charge in [-0.1, -0.05) is 6.92 Å². The van der Waals surface area contributed by atoms with E-state index in [4.69, 9.17) is 15.2 Å². The number of fused-ring (bicyclic) bond motifs is 1. The minimum Gasteiger partial charge on any atom is -0.497 e. The fraction of sp³-hybridized carbons (Fsp3) is 0.400. The van der Waals surface area contributed by atoms with Crippen molar-refractivity contribution >= 4 is 10.8 Å². The van der Waals surface area contributed by atoms with Crippen LogP contribution >= 0.6 is 0 Å². The van der Waals surface area contributed by atoms with Crippen LogP contribution in [0.25, 0.3) is 10.8 Å². The molecule has 1 aromatic carbocycles. The summed E-state index contributed by atoms with van der Waals surface area (Å²) in [5.41, 5.74) is 5.74. The van der Waals surface area contributed by atoms with Crippen LogP contribution in [0.5, 0.6) is 11.6 Å². The maximum Gasteiger partial charge on any atom is 0.221 e. The van der Waals surface area contributed by atoms with Crippen LogP contribution in [0.2, 0.25) is 0 Å². The summed E-state index contributed by atoms with van der Waals surface area (Å²) in [5.74, 6) is 1.44. The molecule has 2 N–H and O–H groups in total. The van der Waals surface area contributed by atoms with Gasteiger partial charge in [-0.25, -0.2) is 4.98 Å². The summed E-state index contributed by atoms with van der Waals surface area (Å²) in [6.07, 6.45) is 2.59. The first kappa shape index (κ1) is 13.6. The summed E-state index contributed by atoms with van der Waals surface area (Å²) >= 11 is 0. The zero-order chi connectivity index (χ0) is 13.9. The van der Waals surface area contributed by atoms with Gasteiger partial charge in [-0.05, 0) is 43.0 Å². The van der Waals surface area contributed by atoms with Crippen LogP contribution in [0.3, 0.4) is 0 Å². The second kappa shape index (κ2) is 5.45. The molecule has 1 heterocycles. The molecule has 0 aliphatic carbocycles. The van der Waals surface area contributed by atoms with Crippen LogP contribution in [0, 0.1) is 0 Å². The molecule has 1 atom stereocenters. The van der Waals surface area contributed by atoms with E-state index in [0.29, 0.717) is 12.5 Å². The smallest absolute Gasteiger partial charge is 0.221 e. The lowest BCUT2D eigenvalue weighted by Crippen LogP contribution is -2.41. The third-order valence-electron chi connectivity index (χ3n) is 3.28. The molecule has 0 spiro atoms. The van der Waals surface area contributed by atoms with Crippen molar-refractivity contribution in [2.45, 2.75) is 25.8 Å². The number of methoxy groups -OCH3 is 1. The Morgan fingerprint density at radius 3 is 2.79 bits per heavy atom. The van der Waals surface area contributed by atoms with E-state index in [1.807, 2.05) is 38.1 Å². The highest BCUT2D eigenvalue weighted by molar-refractivity contribution is 5.87. The Balaban J connectivity index is 2.29. The molecule has 2 rings (SSSR count). The zero-order valence-electron chi connectivity index (χ0n) is 11.6. The van der Waals surface area contributed by atoms with Crippen molar-refractivity contribution in [1.82, 2.24) is 4.98 Å². The SMILES string of the molecule is CCC(C)(N)COc1nccc2cc(OC)ccc12. The highest BCUT2D eigenvalue weighted by Gasteiger charge is 2.17. The second-order valence-corrected chi connectivity index (χ2v) is 5.00. The van der Waals surface area contributed by atoms with E-state index in [0.717, 1.165) is 22.9 Å². The molecule has 102 valence electrons. The van der Waals surface area contributed by atoms with Crippen LogP contribution in [-0.2, 0) is 0 Å². The van der Waals surface area contributed by atoms with E-state index in [9.17, 15) is 0 Å². The van der Waals surface area contributed by atoms with Crippen LogP contribution in [-0.4, -0.2) is 24.2 Å². The van der Waals surface area contributed by atoms with Crippen molar-refractivity contribution in [1.29, 1.82) is 0 Å². The number of aromatic nitrogens is 1. The number of pyridine rings is 1. The van der Waals surface area contributed by atoms with Crippen molar-refractivity contribution in [3.8, 4) is 11.6 Å². The summed E-state index contributed by atoms with van der Waals surface area (Å²) in [6.45, 7) is 4.47. The molecule has 4 heteroatoms. The van der Waals surface area contributed by atoms with Gasteiger partial charge in [0.1, 0.15) is 12.4 Å². The van der Waals surface area contributed by atoms with Crippen molar-refractivity contribution in [2.75, 3.05) is 13.7 Å². The molecule has 1 aromatic heterocycles. The van der Waals surface area contributed by atoms with Gasteiger partial charge in [-0.15, -0.1) is 0 Å². The van der Waals surface area contributed by atoms with Gasteiger partial charge in [-0.2, -0.15) is 0 Å². The molecule has 0 aliphatic heterocycles. The van der Waals surface area contributed by atoms with Gasteiger partial charge in [0.15, 0.2) is 0 Å². The molecule has 19 heavy (non-hydrogen) atoms. The van der Waals surface area contributed by atoms with E-state index in [-0.39, 0.29) is 5.54 Å². The number of nitrogens with two attached hydrogens (primary N) is 1. The number of hydrogen-bond donors (Lipinski definition) is 1. The van der Waals surface area contributed by atoms with Gasteiger partial charge >= 0.3 is 0 Å². The largest absolute Gasteiger partial charge is 0.497 e. The molecule has 0 bridgehead atoms. The Hall–Kier alpha value is -1.81. The predicted molar refractivity (Wildman–Crippen MR) is 76.7 cm³/mol. The van der Waals surface area contributed by atoms with Crippen molar-refractivity contribution < 1.29 is 9.47 Å². The molecule has 0 saturated heterocycles. The summed E-state index contributed by atoms with van der Waals surface area (Å²) in [6, 6.07) is 7.76. The topological polar surface area (TPSA) is 57.4 Å². The number of hydrogen-bond acceptors (Lipinski definition) is 4.